The van der Waals surface area contributed by atoms with E-state index in [-0.39, 0.29) is 30.8 Å². The van der Waals surface area contributed by atoms with E-state index in [1.165, 1.54) is 31.2 Å². The molecule has 0 saturated heterocycles. The van der Waals surface area contributed by atoms with E-state index in [2.05, 4.69) is 0 Å². The van der Waals surface area contributed by atoms with Gasteiger partial charge in [-0.15, -0.1) is 0 Å². The van der Waals surface area contributed by atoms with Gasteiger partial charge in [0.25, 0.3) is 0 Å². The van der Waals surface area contributed by atoms with Crippen molar-refractivity contribution in [3.05, 3.63) is 70.5 Å². The van der Waals surface area contributed by atoms with Crippen molar-refractivity contribution in [1.29, 1.82) is 0 Å². The fourth-order valence-corrected chi connectivity index (χ4v) is 4.68. The van der Waals surface area contributed by atoms with Gasteiger partial charge in [0, 0.05) is 19.1 Å². The first kappa shape index (κ1) is 26.4. The van der Waals surface area contributed by atoms with Crippen molar-refractivity contribution in [1.82, 2.24) is 0 Å². The summed E-state index contributed by atoms with van der Waals surface area (Å²) >= 11 is 0. The summed E-state index contributed by atoms with van der Waals surface area (Å²) in [6.45, 7) is 0.820. The quantitative estimate of drug-likeness (QED) is 0.477. The Labute approximate surface area is 192 Å². The number of ether oxygens (including phenoxy) is 1. The van der Waals surface area contributed by atoms with Crippen LogP contribution in [0.5, 0.6) is 0 Å². The molecule has 1 aliphatic carbocycles. The summed E-state index contributed by atoms with van der Waals surface area (Å²) < 4.78 is 99.1. The molecule has 0 heterocycles. The summed E-state index contributed by atoms with van der Waals surface area (Å²) in [6, 6.07) is 6.76. The molecule has 3 rings (SSSR count). The van der Waals surface area contributed by atoms with Crippen molar-refractivity contribution in [2.45, 2.75) is 50.2 Å². The van der Waals surface area contributed by atoms with E-state index in [9.17, 15) is 40.9 Å². The van der Waals surface area contributed by atoms with Crippen LogP contribution >= 0.6 is 0 Å². The molecular formula is C24H25F7O3. The maximum absolute atomic E-state index is 13.5. The van der Waals surface area contributed by atoms with Gasteiger partial charge in [-0.2, -0.15) is 26.3 Å². The van der Waals surface area contributed by atoms with E-state index < -0.39 is 53.3 Å². The van der Waals surface area contributed by atoms with E-state index in [4.69, 9.17) is 4.74 Å². The predicted molar refractivity (Wildman–Crippen MR) is 109 cm³/mol. The fraction of sp³-hybridized carbons (Fsp3) is 0.500. The highest BCUT2D eigenvalue weighted by Crippen LogP contribution is 2.45. The van der Waals surface area contributed by atoms with Gasteiger partial charge in [-0.3, -0.25) is 0 Å². The second kappa shape index (κ2) is 10.2. The summed E-state index contributed by atoms with van der Waals surface area (Å²) in [6.07, 6.45) is -11.0. The molecule has 0 bridgehead atoms. The van der Waals surface area contributed by atoms with Crippen molar-refractivity contribution in [2.75, 3.05) is 13.2 Å². The SMILES string of the molecule is C[C@@H](O[C@H]1CC[C@H](CO)[C@@H](CO)[C@@H]1c1ccc(F)cc1)c1cc(C(F)(F)F)cc(C(F)(F)F)c1. The summed E-state index contributed by atoms with van der Waals surface area (Å²) in [5, 5.41) is 19.7. The van der Waals surface area contributed by atoms with Gasteiger partial charge in [-0.25, -0.2) is 4.39 Å². The van der Waals surface area contributed by atoms with Crippen LogP contribution in [0.25, 0.3) is 0 Å². The van der Waals surface area contributed by atoms with Crippen molar-refractivity contribution in [2.24, 2.45) is 11.8 Å². The van der Waals surface area contributed by atoms with Gasteiger partial charge >= 0.3 is 12.4 Å². The Kier molecular flexibility index (Phi) is 7.94. The van der Waals surface area contributed by atoms with Crippen LogP contribution in [0.1, 0.15) is 54.0 Å². The molecule has 2 aromatic carbocycles. The molecule has 1 fully saturated rings. The molecule has 0 amide bonds. The van der Waals surface area contributed by atoms with Crippen molar-refractivity contribution < 1.29 is 45.7 Å². The smallest absolute Gasteiger partial charge is 0.396 e. The van der Waals surface area contributed by atoms with E-state index in [1.807, 2.05) is 0 Å². The largest absolute Gasteiger partial charge is 0.416 e. The summed E-state index contributed by atoms with van der Waals surface area (Å²) in [5.74, 6) is -1.82. The van der Waals surface area contributed by atoms with Gasteiger partial charge in [0.1, 0.15) is 5.82 Å². The van der Waals surface area contributed by atoms with Gasteiger partial charge in [-0.1, -0.05) is 12.1 Å². The molecule has 34 heavy (non-hydrogen) atoms. The number of alkyl halides is 6. The minimum Gasteiger partial charge on any atom is -0.396 e. The number of rotatable bonds is 6. The third-order valence-corrected chi connectivity index (χ3v) is 6.45. The van der Waals surface area contributed by atoms with Crippen LogP contribution in [0.2, 0.25) is 0 Å². The first-order valence-electron chi connectivity index (χ1n) is 10.8. The Balaban J connectivity index is 1.97. The van der Waals surface area contributed by atoms with Gasteiger partial charge in [0.15, 0.2) is 0 Å². The summed E-state index contributed by atoms with van der Waals surface area (Å²) in [4.78, 5) is 0. The minimum absolute atomic E-state index is 0.0613. The molecule has 5 atom stereocenters. The molecule has 0 radical (unpaired) electrons. The molecule has 1 saturated carbocycles. The standard InChI is InChI=1S/C24H25F7O3/c1-13(16-8-17(23(26,27)28)10-18(9-16)24(29,30)31)34-21-7-4-15(11-32)20(12-33)22(21)14-2-5-19(25)6-3-14/h2-3,5-6,8-10,13,15,20-22,32-33H,4,7,11-12H2,1H3/t13-,15-,20-,21+,22+/m1/s1. The lowest BCUT2D eigenvalue weighted by molar-refractivity contribution is -0.143. The molecule has 188 valence electrons. The molecule has 10 heteroatoms. The monoisotopic (exact) mass is 494 g/mol. The van der Waals surface area contributed by atoms with Crippen LogP contribution in [-0.4, -0.2) is 29.5 Å². The zero-order chi connectivity index (χ0) is 25.3. The number of hydrogen-bond donors (Lipinski definition) is 2. The van der Waals surface area contributed by atoms with Crippen LogP contribution < -0.4 is 0 Å². The van der Waals surface area contributed by atoms with E-state index >= 15 is 0 Å². The van der Waals surface area contributed by atoms with Crippen LogP contribution in [0.15, 0.2) is 42.5 Å². The normalized spacial score (nSPS) is 24.8. The first-order valence-corrected chi connectivity index (χ1v) is 10.8. The van der Waals surface area contributed by atoms with Gasteiger partial charge in [0.05, 0.1) is 23.3 Å². The fourth-order valence-electron chi connectivity index (χ4n) is 4.68. The van der Waals surface area contributed by atoms with E-state index in [1.54, 1.807) is 0 Å². The Bertz CT molecular complexity index is 924. The molecule has 2 aromatic rings. The van der Waals surface area contributed by atoms with Crippen LogP contribution in [0, 0.1) is 17.7 Å². The molecule has 0 aliphatic heterocycles. The number of aliphatic hydroxyl groups excluding tert-OH is 2. The van der Waals surface area contributed by atoms with Crippen LogP contribution in [0.4, 0.5) is 30.7 Å². The molecule has 0 aromatic heterocycles. The number of halogens is 7. The Morgan fingerprint density at radius 2 is 1.44 bits per heavy atom. The third-order valence-electron chi connectivity index (χ3n) is 6.45. The third kappa shape index (κ3) is 5.90. The van der Waals surface area contributed by atoms with Gasteiger partial charge < -0.3 is 14.9 Å². The van der Waals surface area contributed by atoms with E-state index in [0.717, 1.165) is 0 Å². The lowest BCUT2D eigenvalue weighted by atomic mass is 9.68. The Morgan fingerprint density at radius 1 is 0.882 bits per heavy atom. The second-order valence-corrected chi connectivity index (χ2v) is 8.60. The van der Waals surface area contributed by atoms with Crippen LogP contribution in [-0.2, 0) is 17.1 Å². The molecule has 2 N–H and O–H groups in total. The molecule has 1 aliphatic rings. The van der Waals surface area contributed by atoms with Crippen molar-refractivity contribution >= 4 is 0 Å². The second-order valence-electron chi connectivity index (χ2n) is 8.60. The van der Waals surface area contributed by atoms with Crippen LogP contribution in [0.3, 0.4) is 0 Å². The predicted octanol–water partition coefficient (Wildman–Crippen LogP) is 6.10. The first-order chi connectivity index (χ1) is 15.8. The average Bonchev–Trinajstić information content (AvgIpc) is 2.77. The van der Waals surface area contributed by atoms with E-state index in [0.29, 0.717) is 30.5 Å². The summed E-state index contributed by atoms with van der Waals surface area (Å²) in [7, 11) is 0. The highest BCUT2D eigenvalue weighted by Gasteiger charge is 2.42. The average molecular weight is 494 g/mol. The van der Waals surface area contributed by atoms with Crippen molar-refractivity contribution in [3.63, 3.8) is 0 Å². The summed E-state index contributed by atoms with van der Waals surface area (Å²) in [5.41, 5.74) is -2.55. The van der Waals surface area contributed by atoms with Gasteiger partial charge in [0.2, 0.25) is 0 Å². The Hall–Kier alpha value is -2.17. The number of hydrogen-bond acceptors (Lipinski definition) is 3. The highest BCUT2D eigenvalue weighted by atomic mass is 19.4. The number of benzene rings is 2. The number of aliphatic hydroxyl groups is 2. The maximum Gasteiger partial charge on any atom is 0.416 e. The van der Waals surface area contributed by atoms with Crippen molar-refractivity contribution in [3.8, 4) is 0 Å². The zero-order valence-electron chi connectivity index (χ0n) is 18.2. The minimum atomic E-state index is -4.98. The molecule has 0 unspecified atom stereocenters. The molecular weight excluding hydrogens is 469 g/mol. The molecule has 3 nitrogen and oxygen atoms in total. The molecule has 0 spiro atoms. The lowest BCUT2D eigenvalue weighted by Crippen LogP contribution is -2.41. The topological polar surface area (TPSA) is 49.7 Å². The Morgan fingerprint density at radius 3 is 1.91 bits per heavy atom. The highest BCUT2D eigenvalue weighted by molar-refractivity contribution is 5.35. The lowest BCUT2D eigenvalue weighted by Gasteiger charge is -2.43. The zero-order valence-corrected chi connectivity index (χ0v) is 18.2. The maximum atomic E-state index is 13.5. The van der Waals surface area contributed by atoms with Gasteiger partial charge in [-0.05, 0) is 73.1 Å².